The zero-order valence-electron chi connectivity index (χ0n) is 17.7. The predicted molar refractivity (Wildman–Crippen MR) is 122 cm³/mol. The molecule has 1 heterocycles. The number of rotatable bonds is 14. The Balaban J connectivity index is 1.60. The fourth-order valence-electron chi connectivity index (χ4n) is 3.08. The van der Waals surface area contributed by atoms with Crippen molar-refractivity contribution in [3.8, 4) is 0 Å². The second-order valence-electron chi connectivity index (χ2n) is 7.83. The normalized spacial score (nSPS) is 12.8. The number of nitrogens with one attached hydrogen (secondary N) is 1. The number of hydrogen-bond acceptors (Lipinski definition) is 5. The predicted octanol–water partition coefficient (Wildman–Crippen LogP) is 5.34. The lowest BCUT2D eigenvalue weighted by molar-refractivity contribution is 0.276. The molecular weight excluding hydrogens is 422 g/mol. The second kappa shape index (κ2) is 13.2. The van der Waals surface area contributed by atoms with Gasteiger partial charge in [-0.05, 0) is 66.8 Å². The van der Waals surface area contributed by atoms with E-state index in [2.05, 4.69) is 34.7 Å². The highest BCUT2D eigenvalue weighted by molar-refractivity contribution is 7.99. The Morgan fingerprint density at radius 3 is 2.60 bits per heavy atom. The van der Waals surface area contributed by atoms with Crippen molar-refractivity contribution in [3.05, 3.63) is 59.7 Å². The number of hydrogen-bond donors (Lipinski definition) is 2. The van der Waals surface area contributed by atoms with Crippen LogP contribution in [0.15, 0.2) is 47.5 Å². The van der Waals surface area contributed by atoms with Gasteiger partial charge in [0.25, 0.3) is 0 Å². The highest BCUT2D eigenvalue weighted by Gasteiger charge is 2.19. The maximum Gasteiger partial charge on any atom is 0.316 e. The van der Waals surface area contributed by atoms with Gasteiger partial charge in [0, 0.05) is 17.6 Å². The van der Waals surface area contributed by atoms with Gasteiger partial charge in [0.05, 0.1) is 12.3 Å². The molecule has 30 heavy (non-hydrogen) atoms. The number of halogens is 1. The van der Waals surface area contributed by atoms with Gasteiger partial charge in [0.15, 0.2) is 0 Å². The first-order valence-corrected chi connectivity index (χ1v) is 12.5. The first-order chi connectivity index (χ1) is 14.4. The summed E-state index contributed by atoms with van der Waals surface area (Å²) >= 11 is 1.82. The summed E-state index contributed by atoms with van der Waals surface area (Å²) in [5, 5.41) is 3.24. The number of nitrogens with zero attached hydrogens (tertiary/aromatic N) is 1. The van der Waals surface area contributed by atoms with Crippen LogP contribution in [-0.2, 0) is 21.0 Å². The zero-order valence-corrected chi connectivity index (χ0v) is 19.5. The third-order valence-electron chi connectivity index (χ3n) is 4.92. The van der Waals surface area contributed by atoms with Crippen LogP contribution < -0.4 is 5.32 Å². The summed E-state index contributed by atoms with van der Waals surface area (Å²) in [4.78, 5) is 14.2. The summed E-state index contributed by atoms with van der Waals surface area (Å²) in [5.41, 5.74) is 2.20. The highest BCUT2D eigenvalue weighted by atomic mass is 32.2. The molecule has 0 radical (unpaired) electrons. The van der Waals surface area contributed by atoms with Crippen molar-refractivity contribution in [2.45, 2.75) is 56.4 Å². The van der Waals surface area contributed by atoms with E-state index in [1.807, 2.05) is 36.2 Å². The zero-order chi connectivity index (χ0) is 21.8. The molecule has 0 amide bonds. The maximum absolute atomic E-state index is 13.1. The van der Waals surface area contributed by atoms with Crippen LogP contribution >= 0.6 is 20.0 Å². The Labute approximate surface area is 183 Å². The van der Waals surface area contributed by atoms with E-state index in [1.54, 1.807) is 0 Å². The van der Waals surface area contributed by atoms with Gasteiger partial charge in [0.1, 0.15) is 5.82 Å². The van der Waals surface area contributed by atoms with Crippen molar-refractivity contribution in [2.24, 2.45) is 0 Å². The molecule has 2 aromatic rings. The van der Waals surface area contributed by atoms with Crippen LogP contribution in [0.25, 0.3) is 0 Å². The Morgan fingerprint density at radius 1 is 1.17 bits per heavy atom. The Hall–Kier alpha value is -1.24. The molecule has 0 aliphatic carbocycles. The van der Waals surface area contributed by atoms with E-state index in [9.17, 15) is 8.96 Å². The van der Waals surface area contributed by atoms with E-state index in [-0.39, 0.29) is 17.8 Å². The topological polar surface area (TPSA) is 71.5 Å². The molecule has 1 aromatic carbocycles. The fourth-order valence-corrected chi connectivity index (χ4v) is 4.27. The van der Waals surface area contributed by atoms with Crippen LogP contribution in [0.4, 0.5) is 4.39 Å². The Bertz CT molecular complexity index is 773. The van der Waals surface area contributed by atoms with E-state index < -0.39 is 8.25 Å². The number of thioether (sulfide) groups is 1. The molecule has 8 heteroatoms. The van der Waals surface area contributed by atoms with Gasteiger partial charge < -0.3 is 14.7 Å². The summed E-state index contributed by atoms with van der Waals surface area (Å²) in [6, 6.07) is 11.0. The van der Waals surface area contributed by atoms with Crippen LogP contribution in [-0.4, -0.2) is 28.8 Å². The first-order valence-electron chi connectivity index (χ1n) is 10.3. The number of aromatic nitrogens is 1. The molecule has 1 atom stereocenters. The summed E-state index contributed by atoms with van der Waals surface area (Å²) in [7, 11) is -2.82. The van der Waals surface area contributed by atoms with Crippen LogP contribution in [0.3, 0.4) is 0 Å². The standard InChI is InChI=1S/C22H32FN2O3PS/c1-22(2,18-6-8-19(23)9-7-18)12-3-4-15-30-21-11-10-20(25-17-21)16-24-13-5-14-28-29(26)27/h6-11,17,24,29H,3-5,12-16H2,1-2H3,(H,26,27). The lowest BCUT2D eigenvalue weighted by atomic mass is 9.80. The molecule has 0 aliphatic heterocycles. The van der Waals surface area contributed by atoms with Gasteiger partial charge in [0.2, 0.25) is 0 Å². The third-order valence-corrected chi connectivity index (χ3v) is 6.44. The molecule has 0 saturated heterocycles. The SMILES string of the molecule is CC(C)(CCCCSc1ccc(CNCCCO[PH](=O)O)nc1)c1ccc(F)cc1. The summed E-state index contributed by atoms with van der Waals surface area (Å²) in [6.07, 6.45) is 5.92. The Kier molecular flexibility index (Phi) is 11.0. The second-order valence-corrected chi connectivity index (χ2v) is 9.82. The molecule has 1 unspecified atom stereocenters. The minimum Gasteiger partial charge on any atom is -0.326 e. The minimum absolute atomic E-state index is 0.0525. The summed E-state index contributed by atoms with van der Waals surface area (Å²) < 4.78 is 28.2. The molecule has 2 rings (SSSR count). The molecule has 166 valence electrons. The average molecular weight is 455 g/mol. The monoisotopic (exact) mass is 454 g/mol. The van der Waals surface area contributed by atoms with Crippen molar-refractivity contribution >= 4 is 20.0 Å². The van der Waals surface area contributed by atoms with E-state index >= 15 is 0 Å². The van der Waals surface area contributed by atoms with Crippen molar-refractivity contribution < 1.29 is 18.4 Å². The lowest BCUT2D eigenvalue weighted by Crippen LogP contribution is -2.17. The minimum atomic E-state index is -2.82. The average Bonchev–Trinajstić information content (AvgIpc) is 2.71. The summed E-state index contributed by atoms with van der Waals surface area (Å²) in [5.74, 6) is 0.862. The molecule has 2 N–H and O–H groups in total. The van der Waals surface area contributed by atoms with Crippen LogP contribution in [0, 0.1) is 5.82 Å². The fraction of sp³-hybridized carbons (Fsp3) is 0.500. The Morgan fingerprint density at radius 2 is 1.93 bits per heavy atom. The van der Waals surface area contributed by atoms with Crippen molar-refractivity contribution in [3.63, 3.8) is 0 Å². The van der Waals surface area contributed by atoms with E-state index in [0.29, 0.717) is 19.5 Å². The molecular formula is C22H32FN2O3PS. The maximum atomic E-state index is 13.1. The van der Waals surface area contributed by atoms with Crippen LogP contribution in [0.1, 0.15) is 50.8 Å². The molecule has 0 bridgehead atoms. The third kappa shape index (κ3) is 9.71. The smallest absolute Gasteiger partial charge is 0.316 e. The molecule has 0 saturated carbocycles. The number of benzene rings is 1. The number of pyridine rings is 1. The molecule has 0 fully saturated rings. The van der Waals surface area contributed by atoms with Crippen LogP contribution in [0.2, 0.25) is 0 Å². The molecule has 0 aliphatic rings. The summed E-state index contributed by atoms with van der Waals surface area (Å²) in [6.45, 7) is 6.09. The largest absolute Gasteiger partial charge is 0.326 e. The van der Waals surface area contributed by atoms with E-state index in [4.69, 9.17) is 4.89 Å². The highest BCUT2D eigenvalue weighted by Crippen LogP contribution is 2.30. The quantitative estimate of drug-likeness (QED) is 0.228. The van der Waals surface area contributed by atoms with Gasteiger partial charge in [-0.2, -0.15) is 0 Å². The van der Waals surface area contributed by atoms with E-state index in [1.165, 1.54) is 17.7 Å². The van der Waals surface area contributed by atoms with Gasteiger partial charge >= 0.3 is 8.25 Å². The van der Waals surface area contributed by atoms with Crippen molar-refractivity contribution in [1.82, 2.24) is 10.3 Å². The number of unbranched alkanes of at least 4 members (excludes halogenated alkanes) is 1. The molecule has 1 aromatic heterocycles. The van der Waals surface area contributed by atoms with Crippen molar-refractivity contribution in [2.75, 3.05) is 18.9 Å². The van der Waals surface area contributed by atoms with Gasteiger partial charge in [-0.25, -0.2) is 4.39 Å². The van der Waals surface area contributed by atoms with Crippen molar-refractivity contribution in [1.29, 1.82) is 0 Å². The van der Waals surface area contributed by atoms with Gasteiger partial charge in [-0.15, -0.1) is 11.8 Å². The van der Waals surface area contributed by atoms with Gasteiger partial charge in [-0.3, -0.25) is 9.55 Å². The van der Waals surface area contributed by atoms with Gasteiger partial charge in [-0.1, -0.05) is 32.4 Å². The lowest BCUT2D eigenvalue weighted by Gasteiger charge is -2.25. The first kappa shape index (κ1) is 25.0. The van der Waals surface area contributed by atoms with E-state index in [0.717, 1.165) is 35.6 Å². The molecule has 0 spiro atoms. The van der Waals surface area contributed by atoms with Crippen LogP contribution in [0.5, 0.6) is 0 Å². The molecule has 5 nitrogen and oxygen atoms in total.